The molecule has 0 fully saturated rings. The molecule has 1 unspecified atom stereocenters. The van der Waals surface area contributed by atoms with Crippen LogP contribution in [0.4, 0.5) is 11.8 Å². The van der Waals surface area contributed by atoms with E-state index in [1.165, 1.54) is 6.21 Å². The highest BCUT2D eigenvalue weighted by molar-refractivity contribution is 5.90. The Morgan fingerprint density at radius 2 is 1.92 bits per heavy atom. The van der Waals surface area contributed by atoms with Crippen LogP contribution in [-0.2, 0) is 35.9 Å². The van der Waals surface area contributed by atoms with Crippen LogP contribution in [0.2, 0.25) is 0 Å². The molecule has 39 heavy (non-hydrogen) atoms. The predicted octanol–water partition coefficient (Wildman–Crippen LogP) is 3.68. The fraction of sp³-hybridized carbons (Fsp3) is 0.357. The van der Waals surface area contributed by atoms with Crippen molar-refractivity contribution in [2.45, 2.75) is 25.3 Å². The molecule has 5 rings (SSSR count). The Morgan fingerprint density at radius 3 is 2.69 bits per heavy atom. The summed E-state index contributed by atoms with van der Waals surface area (Å²) in [7, 11) is 5.30. The lowest BCUT2D eigenvalue weighted by Crippen LogP contribution is -2.09. The predicted molar refractivity (Wildman–Crippen MR) is 151 cm³/mol. The first-order valence-corrected chi connectivity index (χ1v) is 12.9. The molecule has 1 aliphatic rings. The van der Waals surface area contributed by atoms with Crippen molar-refractivity contribution < 1.29 is 9.47 Å². The number of nitrogens with one attached hydrogen (secondary N) is 2. The highest BCUT2D eigenvalue weighted by Gasteiger charge is 2.27. The van der Waals surface area contributed by atoms with E-state index in [4.69, 9.17) is 25.0 Å². The monoisotopic (exact) mass is 527 g/mol. The first-order chi connectivity index (χ1) is 19.1. The largest absolute Gasteiger partial charge is 0.383 e. The van der Waals surface area contributed by atoms with Gasteiger partial charge in [-0.2, -0.15) is 10.2 Å². The van der Waals surface area contributed by atoms with Crippen molar-refractivity contribution in [3.63, 3.8) is 0 Å². The van der Waals surface area contributed by atoms with Crippen LogP contribution in [0.15, 0.2) is 47.7 Å². The first-order valence-electron chi connectivity index (χ1n) is 12.9. The summed E-state index contributed by atoms with van der Waals surface area (Å²) in [5.41, 5.74) is 7.10. The number of benzene rings is 1. The maximum atomic E-state index is 7.85. The molecule has 2 N–H and O–H groups in total. The van der Waals surface area contributed by atoms with Crippen LogP contribution in [0.5, 0.6) is 0 Å². The van der Waals surface area contributed by atoms with Gasteiger partial charge in [0.15, 0.2) is 5.82 Å². The SMILES string of the molecule is COCCN=CC(C=N)c1ccc(-c2c3c(nn2C)CCc2cnc(Nc4ccn(CCOC)n4)nc2-3)cc1. The van der Waals surface area contributed by atoms with Gasteiger partial charge in [-0.15, -0.1) is 0 Å². The van der Waals surface area contributed by atoms with Gasteiger partial charge in [0.25, 0.3) is 0 Å². The lowest BCUT2D eigenvalue weighted by molar-refractivity contribution is 0.183. The molecule has 3 heterocycles. The highest BCUT2D eigenvalue weighted by atomic mass is 16.5. The molecule has 11 nitrogen and oxygen atoms in total. The first kappa shape index (κ1) is 26.4. The van der Waals surface area contributed by atoms with Crippen molar-refractivity contribution in [1.29, 1.82) is 5.41 Å². The normalized spacial score (nSPS) is 13.3. The summed E-state index contributed by atoms with van der Waals surface area (Å²) < 4.78 is 13.9. The summed E-state index contributed by atoms with van der Waals surface area (Å²) in [5.74, 6) is 0.984. The molecule has 1 atom stereocenters. The molecule has 0 amide bonds. The Morgan fingerprint density at radius 1 is 1.10 bits per heavy atom. The number of ether oxygens (including phenoxy) is 2. The molecule has 1 aromatic carbocycles. The van der Waals surface area contributed by atoms with E-state index in [-0.39, 0.29) is 5.92 Å². The Hall–Kier alpha value is -4.22. The van der Waals surface area contributed by atoms with E-state index in [9.17, 15) is 0 Å². The topological polar surface area (TPSA) is 128 Å². The third kappa shape index (κ3) is 5.79. The minimum Gasteiger partial charge on any atom is -0.383 e. The number of anilines is 2. The fourth-order valence-corrected chi connectivity index (χ4v) is 4.73. The number of rotatable bonds is 12. The maximum absolute atomic E-state index is 7.85. The Bertz CT molecular complexity index is 1460. The van der Waals surface area contributed by atoms with Crippen molar-refractivity contribution in [1.82, 2.24) is 29.5 Å². The molecule has 0 radical (unpaired) electrons. The Balaban J connectivity index is 1.43. The summed E-state index contributed by atoms with van der Waals surface area (Å²) in [6.07, 6.45) is 8.67. The average molecular weight is 528 g/mol. The third-order valence-electron chi connectivity index (χ3n) is 6.70. The Labute approximate surface area is 227 Å². The van der Waals surface area contributed by atoms with Crippen LogP contribution in [0.1, 0.15) is 22.7 Å². The maximum Gasteiger partial charge on any atom is 0.228 e. The number of fused-ring (bicyclic) bond motifs is 3. The standard InChI is InChI=1S/C28H33N9O2/c1-36-27(20-6-4-19(5-7-20)22(16-29)17-30-11-14-38-2)25-23(34-36)9-8-21-18-31-28(33-26(21)25)32-24-10-12-37(35-24)13-15-39-3/h4-7,10,12,16-18,22,29H,8-9,11,13-15H2,1-3H3,(H,31,32,33,35). The minimum absolute atomic E-state index is 0.184. The van der Waals surface area contributed by atoms with Crippen LogP contribution in [0.3, 0.4) is 0 Å². The van der Waals surface area contributed by atoms with Gasteiger partial charge < -0.3 is 20.2 Å². The molecule has 1 aliphatic carbocycles. The number of hydrogen-bond donors (Lipinski definition) is 2. The van der Waals surface area contributed by atoms with E-state index >= 15 is 0 Å². The van der Waals surface area contributed by atoms with E-state index in [2.05, 4.69) is 32.5 Å². The Kier molecular flexibility index (Phi) is 8.18. The molecule has 0 aliphatic heterocycles. The van der Waals surface area contributed by atoms with Crippen LogP contribution < -0.4 is 5.32 Å². The zero-order valence-corrected chi connectivity index (χ0v) is 22.5. The van der Waals surface area contributed by atoms with Gasteiger partial charge in [-0.1, -0.05) is 24.3 Å². The molecule has 11 heteroatoms. The fourth-order valence-electron chi connectivity index (χ4n) is 4.73. The molecule has 202 valence electrons. The van der Waals surface area contributed by atoms with E-state index in [0.717, 1.165) is 52.2 Å². The number of nitrogens with zero attached hydrogens (tertiary/aromatic N) is 7. The number of aliphatic imine (C=N–C) groups is 1. The summed E-state index contributed by atoms with van der Waals surface area (Å²) in [6, 6.07) is 10.1. The van der Waals surface area contributed by atoms with E-state index < -0.39 is 0 Å². The lowest BCUT2D eigenvalue weighted by atomic mass is 9.91. The molecule has 0 saturated heterocycles. The number of aryl methyl sites for hydroxylation is 3. The van der Waals surface area contributed by atoms with E-state index in [0.29, 0.717) is 38.1 Å². The lowest BCUT2D eigenvalue weighted by Gasteiger charge is -2.17. The molecule has 4 aromatic rings. The van der Waals surface area contributed by atoms with Crippen molar-refractivity contribution in [2.75, 3.05) is 39.3 Å². The smallest absolute Gasteiger partial charge is 0.228 e. The number of methoxy groups -OCH3 is 2. The molecule has 3 aromatic heterocycles. The van der Waals surface area contributed by atoms with Crippen molar-refractivity contribution in [3.8, 4) is 22.5 Å². The van der Waals surface area contributed by atoms with Crippen LogP contribution in [0.25, 0.3) is 22.5 Å². The quantitative estimate of drug-likeness (QED) is 0.212. The second-order valence-electron chi connectivity index (χ2n) is 9.31. The summed E-state index contributed by atoms with van der Waals surface area (Å²) >= 11 is 0. The van der Waals surface area contributed by atoms with Crippen molar-refractivity contribution >= 4 is 24.2 Å². The average Bonchev–Trinajstić information content (AvgIpc) is 3.55. The second-order valence-corrected chi connectivity index (χ2v) is 9.31. The van der Waals surface area contributed by atoms with Crippen LogP contribution in [0, 0.1) is 5.41 Å². The molecule has 0 saturated carbocycles. The minimum atomic E-state index is -0.184. The van der Waals surface area contributed by atoms with Crippen molar-refractivity contribution in [2.24, 2.45) is 12.0 Å². The molecular weight excluding hydrogens is 494 g/mol. The zero-order valence-electron chi connectivity index (χ0n) is 22.5. The van der Waals surface area contributed by atoms with Gasteiger partial charge in [0.2, 0.25) is 5.95 Å². The van der Waals surface area contributed by atoms with E-state index in [1.807, 2.05) is 47.0 Å². The van der Waals surface area contributed by atoms with Crippen LogP contribution >= 0.6 is 0 Å². The summed E-state index contributed by atoms with van der Waals surface area (Å²) in [4.78, 5) is 13.9. The van der Waals surface area contributed by atoms with Gasteiger partial charge >= 0.3 is 0 Å². The third-order valence-corrected chi connectivity index (χ3v) is 6.70. The highest BCUT2D eigenvalue weighted by Crippen LogP contribution is 2.39. The number of hydrogen-bond acceptors (Lipinski definition) is 9. The van der Waals surface area contributed by atoms with Gasteiger partial charge in [0.05, 0.1) is 49.3 Å². The summed E-state index contributed by atoms with van der Waals surface area (Å²) in [6.45, 7) is 2.40. The molecule has 0 bridgehead atoms. The number of aromatic nitrogens is 6. The second kappa shape index (κ2) is 12.1. The zero-order chi connectivity index (χ0) is 27.2. The van der Waals surface area contributed by atoms with Gasteiger partial charge in [0.1, 0.15) is 0 Å². The molecular formula is C28H33N9O2. The molecule has 0 spiro atoms. The summed E-state index contributed by atoms with van der Waals surface area (Å²) in [5, 5.41) is 20.5. The van der Waals surface area contributed by atoms with E-state index in [1.54, 1.807) is 20.4 Å². The van der Waals surface area contributed by atoms with Gasteiger partial charge in [-0.05, 0) is 24.0 Å². The van der Waals surface area contributed by atoms with Gasteiger partial charge in [-0.25, -0.2) is 9.97 Å². The van der Waals surface area contributed by atoms with Crippen LogP contribution in [-0.4, -0.2) is 75.9 Å². The van der Waals surface area contributed by atoms with Gasteiger partial charge in [-0.3, -0.25) is 14.4 Å². The van der Waals surface area contributed by atoms with Gasteiger partial charge in [0, 0.05) is 63.3 Å². The van der Waals surface area contributed by atoms with Crippen molar-refractivity contribution in [3.05, 3.63) is 59.5 Å².